The number of hydrogen-bond donors (Lipinski definition) is 1. The molecule has 2 aromatic rings. The van der Waals surface area contributed by atoms with Gasteiger partial charge < -0.3 is 5.32 Å². The first-order chi connectivity index (χ1) is 9.63. The van der Waals surface area contributed by atoms with E-state index in [1.165, 1.54) is 0 Å². The van der Waals surface area contributed by atoms with Crippen LogP contribution >= 0.6 is 23.2 Å². The minimum absolute atomic E-state index is 0.157. The van der Waals surface area contributed by atoms with Gasteiger partial charge in [0.15, 0.2) is 0 Å². The molecule has 0 aliphatic heterocycles. The molecule has 0 aliphatic rings. The number of nitrogens with zero attached hydrogens (tertiary/aromatic N) is 1. The molecule has 2 unspecified atom stereocenters. The third-order valence-electron chi connectivity index (χ3n) is 3.38. The highest BCUT2D eigenvalue weighted by Crippen LogP contribution is 2.32. The smallest absolute Gasteiger partial charge is 0.0595 e. The van der Waals surface area contributed by atoms with Crippen LogP contribution in [0.4, 0.5) is 0 Å². The Morgan fingerprint density at radius 2 is 1.95 bits per heavy atom. The van der Waals surface area contributed by atoms with Gasteiger partial charge in [-0.1, -0.05) is 49.2 Å². The maximum atomic E-state index is 6.13. The molecule has 2 rings (SSSR count). The minimum atomic E-state index is 0.157. The number of halogens is 2. The second-order valence-corrected chi connectivity index (χ2v) is 5.57. The van der Waals surface area contributed by atoms with Crippen LogP contribution in [0.1, 0.15) is 37.1 Å². The highest BCUT2D eigenvalue weighted by molar-refractivity contribution is 6.42. The van der Waals surface area contributed by atoms with Crippen LogP contribution in [0.5, 0.6) is 0 Å². The summed E-state index contributed by atoms with van der Waals surface area (Å²) in [5.74, 6) is 0.244. The van der Waals surface area contributed by atoms with Crippen molar-refractivity contribution in [1.29, 1.82) is 0 Å². The molecule has 0 fully saturated rings. The fourth-order valence-corrected chi connectivity index (χ4v) is 2.63. The lowest BCUT2D eigenvalue weighted by Gasteiger charge is -2.25. The maximum absolute atomic E-state index is 6.13. The highest BCUT2D eigenvalue weighted by Gasteiger charge is 2.21. The number of benzene rings is 1. The molecule has 0 aliphatic carbocycles. The Morgan fingerprint density at radius 1 is 1.15 bits per heavy atom. The molecule has 0 amide bonds. The lowest BCUT2D eigenvalue weighted by molar-refractivity contribution is 0.472. The topological polar surface area (TPSA) is 24.9 Å². The largest absolute Gasteiger partial charge is 0.310 e. The fourth-order valence-electron chi connectivity index (χ4n) is 2.33. The van der Waals surface area contributed by atoms with Gasteiger partial charge in [0.25, 0.3) is 0 Å². The van der Waals surface area contributed by atoms with Gasteiger partial charge in [0.2, 0.25) is 0 Å². The van der Waals surface area contributed by atoms with Crippen molar-refractivity contribution in [3.8, 4) is 0 Å². The van der Waals surface area contributed by atoms with Crippen molar-refractivity contribution >= 4 is 23.2 Å². The zero-order valence-corrected chi connectivity index (χ0v) is 13.1. The first-order valence-corrected chi connectivity index (χ1v) is 7.48. The number of likely N-dealkylation sites (N-methyl/N-ethyl adjacent to an activating group) is 1. The third-order valence-corrected chi connectivity index (χ3v) is 4.12. The molecule has 0 bridgehead atoms. The molecular weight excluding hydrogens is 291 g/mol. The van der Waals surface area contributed by atoms with Gasteiger partial charge >= 0.3 is 0 Å². The Kier molecular flexibility index (Phi) is 5.41. The van der Waals surface area contributed by atoms with Crippen LogP contribution in [0.3, 0.4) is 0 Å². The summed E-state index contributed by atoms with van der Waals surface area (Å²) in [6.07, 6.45) is 1.82. The van der Waals surface area contributed by atoms with Gasteiger partial charge in [-0.05, 0) is 36.4 Å². The summed E-state index contributed by atoms with van der Waals surface area (Å²) in [5, 5.41) is 4.67. The summed E-state index contributed by atoms with van der Waals surface area (Å²) >= 11 is 12.1. The predicted molar refractivity (Wildman–Crippen MR) is 85.5 cm³/mol. The van der Waals surface area contributed by atoms with Crippen LogP contribution < -0.4 is 5.32 Å². The van der Waals surface area contributed by atoms with E-state index in [0.29, 0.717) is 10.0 Å². The number of rotatable bonds is 5. The first-order valence-electron chi connectivity index (χ1n) is 6.72. The van der Waals surface area contributed by atoms with Crippen LogP contribution in [0, 0.1) is 0 Å². The lowest BCUT2D eigenvalue weighted by atomic mass is 9.91. The van der Waals surface area contributed by atoms with E-state index >= 15 is 0 Å². The monoisotopic (exact) mass is 308 g/mol. The molecule has 1 N–H and O–H groups in total. The molecule has 1 aromatic heterocycles. The Balaban J connectivity index is 2.33. The van der Waals surface area contributed by atoms with Crippen molar-refractivity contribution < 1.29 is 0 Å². The normalized spacial score (nSPS) is 14.0. The Morgan fingerprint density at radius 3 is 2.55 bits per heavy atom. The summed E-state index contributed by atoms with van der Waals surface area (Å²) < 4.78 is 0. The van der Waals surface area contributed by atoms with Gasteiger partial charge in [0, 0.05) is 23.9 Å². The third kappa shape index (κ3) is 3.51. The van der Waals surface area contributed by atoms with Crippen LogP contribution in [-0.4, -0.2) is 11.5 Å². The maximum Gasteiger partial charge on any atom is 0.0595 e. The molecule has 0 spiro atoms. The van der Waals surface area contributed by atoms with Gasteiger partial charge in [-0.25, -0.2) is 0 Å². The number of hydrogen-bond acceptors (Lipinski definition) is 2. The molecule has 2 nitrogen and oxygen atoms in total. The summed E-state index contributed by atoms with van der Waals surface area (Å²) in [6.45, 7) is 5.13. The van der Waals surface area contributed by atoms with Gasteiger partial charge in [0.05, 0.1) is 10.0 Å². The number of aromatic nitrogens is 1. The number of pyridine rings is 1. The van der Waals surface area contributed by atoms with Crippen molar-refractivity contribution in [3.05, 3.63) is 63.9 Å². The Hall–Kier alpha value is -1.09. The van der Waals surface area contributed by atoms with Gasteiger partial charge in [-0.15, -0.1) is 0 Å². The van der Waals surface area contributed by atoms with Gasteiger partial charge in [-0.3, -0.25) is 4.98 Å². The van der Waals surface area contributed by atoms with E-state index in [2.05, 4.69) is 24.1 Å². The molecule has 0 saturated carbocycles. The SMILES string of the molecule is CCNC(c1ccc(Cl)c(Cl)c1)C(C)c1ccccn1. The van der Waals surface area contributed by atoms with E-state index in [1.54, 1.807) is 0 Å². The van der Waals surface area contributed by atoms with E-state index in [1.807, 2.05) is 42.6 Å². The quantitative estimate of drug-likeness (QED) is 0.854. The van der Waals surface area contributed by atoms with E-state index in [4.69, 9.17) is 23.2 Å². The average molecular weight is 309 g/mol. The molecule has 2 atom stereocenters. The highest BCUT2D eigenvalue weighted by atomic mass is 35.5. The van der Waals surface area contributed by atoms with E-state index in [9.17, 15) is 0 Å². The van der Waals surface area contributed by atoms with E-state index in [-0.39, 0.29) is 12.0 Å². The zero-order chi connectivity index (χ0) is 14.5. The minimum Gasteiger partial charge on any atom is -0.310 e. The van der Waals surface area contributed by atoms with Gasteiger partial charge in [0.1, 0.15) is 0 Å². The van der Waals surface area contributed by atoms with Crippen molar-refractivity contribution in [2.45, 2.75) is 25.8 Å². The molecule has 0 saturated heterocycles. The molecule has 106 valence electrons. The van der Waals surface area contributed by atoms with Crippen molar-refractivity contribution in [3.63, 3.8) is 0 Å². The first kappa shape index (κ1) is 15.3. The molecular formula is C16H18Cl2N2. The molecule has 0 radical (unpaired) electrons. The zero-order valence-electron chi connectivity index (χ0n) is 11.6. The summed E-state index contributed by atoms with van der Waals surface area (Å²) in [4.78, 5) is 4.45. The van der Waals surface area contributed by atoms with Crippen LogP contribution in [0.15, 0.2) is 42.6 Å². The second-order valence-electron chi connectivity index (χ2n) is 4.75. The van der Waals surface area contributed by atoms with Crippen molar-refractivity contribution in [1.82, 2.24) is 10.3 Å². The van der Waals surface area contributed by atoms with Gasteiger partial charge in [-0.2, -0.15) is 0 Å². The molecule has 1 heterocycles. The molecule has 20 heavy (non-hydrogen) atoms. The Bertz CT molecular complexity index is 558. The summed E-state index contributed by atoms with van der Waals surface area (Å²) in [7, 11) is 0. The van der Waals surface area contributed by atoms with Crippen LogP contribution in [0.2, 0.25) is 10.0 Å². The summed E-state index contributed by atoms with van der Waals surface area (Å²) in [6, 6.07) is 11.9. The molecule has 4 heteroatoms. The van der Waals surface area contributed by atoms with Crippen LogP contribution in [0.25, 0.3) is 0 Å². The second kappa shape index (κ2) is 7.07. The number of nitrogens with one attached hydrogen (secondary N) is 1. The average Bonchev–Trinajstić information content (AvgIpc) is 2.48. The summed E-state index contributed by atoms with van der Waals surface area (Å²) in [5.41, 5.74) is 2.18. The van der Waals surface area contributed by atoms with Crippen molar-refractivity contribution in [2.75, 3.05) is 6.54 Å². The van der Waals surface area contributed by atoms with E-state index < -0.39 is 0 Å². The van der Waals surface area contributed by atoms with Crippen molar-refractivity contribution in [2.24, 2.45) is 0 Å². The molecule has 1 aromatic carbocycles. The fraction of sp³-hybridized carbons (Fsp3) is 0.312. The lowest BCUT2D eigenvalue weighted by Crippen LogP contribution is -2.26. The van der Waals surface area contributed by atoms with E-state index in [0.717, 1.165) is 17.8 Å². The Labute approximate surface area is 130 Å². The predicted octanol–water partition coefficient (Wildman–Crippen LogP) is 4.84. The standard InChI is InChI=1S/C16H18Cl2N2/c1-3-19-16(11(2)15-6-4-5-9-20-15)12-7-8-13(17)14(18)10-12/h4-11,16,19H,3H2,1-2H3. The van der Waals surface area contributed by atoms with Crippen LogP contribution in [-0.2, 0) is 0 Å².